The third kappa shape index (κ3) is 5.46. The highest BCUT2D eigenvalue weighted by molar-refractivity contribution is 6.42. The van der Waals surface area contributed by atoms with Crippen LogP contribution in [0.1, 0.15) is 60.1 Å². The molecule has 7 nitrogen and oxygen atoms in total. The highest BCUT2D eigenvalue weighted by Crippen LogP contribution is 2.47. The van der Waals surface area contributed by atoms with Crippen LogP contribution in [0.3, 0.4) is 0 Å². The number of alkyl halides is 3. The van der Waals surface area contributed by atoms with Gasteiger partial charge in [0.05, 0.1) is 15.6 Å². The highest BCUT2D eigenvalue weighted by Gasteiger charge is 2.56. The predicted molar refractivity (Wildman–Crippen MR) is 148 cm³/mol. The van der Waals surface area contributed by atoms with E-state index >= 15 is 0 Å². The van der Waals surface area contributed by atoms with Crippen LogP contribution in [0.15, 0.2) is 36.5 Å². The zero-order valence-electron chi connectivity index (χ0n) is 22.7. The molecule has 0 bridgehead atoms. The van der Waals surface area contributed by atoms with Crippen molar-refractivity contribution in [2.45, 2.75) is 50.2 Å². The number of rotatable bonds is 6. The lowest BCUT2D eigenvalue weighted by molar-refractivity contribution is -0.142. The first kappa shape index (κ1) is 29.8. The summed E-state index contributed by atoms with van der Waals surface area (Å²) < 4.78 is 40.3. The summed E-state index contributed by atoms with van der Waals surface area (Å²) in [5.41, 5.74) is -2.49. The molecule has 2 atom stereocenters. The Hall–Kier alpha value is -2.69. The number of carbonyl (C=O) groups is 3. The molecule has 220 valence electrons. The number of pyridine rings is 1. The zero-order valence-corrected chi connectivity index (χ0v) is 24.2. The first-order chi connectivity index (χ1) is 19.3. The van der Waals surface area contributed by atoms with Crippen molar-refractivity contribution >= 4 is 40.8 Å². The Morgan fingerprint density at radius 3 is 2.37 bits per heavy atom. The lowest BCUT2D eigenvalue weighted by atomic mass is 9.71. The molecule has 1 aromatic carbocycles. The van der Waals surface area contributed by atoms with E-state index in [-0.39, 0.29) is 28.7 Å². The van der Waals surface area contributed by atoms with Crippen LogP contribution in [-0.4, -0.2) is 71.1 Å². The fourth-order valence-corrected chi connectivity index (χ4v) is 6.46. The van der Waals surface area contributed by atoms with Crippen molar-refractivity contribution in [2.75, 3.05) is 33.2 Å². The summed E-state index contributed by atoms with van der Waals surface area (Å²) in [5, 5.41) is 3.85. The summed E-state index contributed by atoms with van der Waals surface area (Å²) >= 11 is 12.5. The minimum absolute atomic E-state index is 0.0924. The number of halogens is 5. The summed E-state index contributed by atoms with van der Waals surface area (Å²) in [6, 6.07) is 6.51. The molecule has 2 aromatic rings. The molecule has 5 rings (SSSR count). The van der Waals surface area contributed by atoms with Gasteiger partial charge in [0, 0.05) is 56.7 Å². The summed E-state index contributed by atoms with van der Waals surface area (Å²) in [5.74, 6) is -1.91. The number of Topliss-reactive ketones (excluding diaryl/α,β-unsaturated/α-hetero) is 1. The molecular formula is C29H31Cl2F3N4O3. The Morgan fingerprint density at radius 1 is 1.07 bits per heavy atom. The van der Waals surface area contributed by atoms with E-state index in [0.717, 1.165) is 25.1 Å². The van der Waals surface area contributed by atoms with Crippen LogP contribution in [0.2, 0.25) is 10.0 Å². The summed E-state index contributed by atoms with van der Waals surface area (Å²) in [4.78, 5) is 48.2. The average Bonchev–Trinajstić information content (AvgIpc) is 3.55. The van der Waals surface area contributed by atoms with Gasteiger partial charge in [0.15, 0.2) is 5.78 Å². The molecule has 0 unspecified atom stereocenters. The fourth-order valence-electron chi connectivity index (χ4n) is 6.16. The molecule has 3 heterocycles. The maximum Gasteiger partial charge on any atom is 0.416 e. The molecule has 2 saturated heterocycles. The highest BCUT2D eigenvalue weighted by atomic mass is 35.5. The summed E-state index contributed by atoms with van der Waals surface area (Å²) in [6.07, 6.45) is -1.14. The van der Waals surface area contributed by atoms with Crippen LogP contribution >= 0.6 is 23.2 Å². The number of likely N-dealkylation sites (tertiary alicyclic amines) is 1. The molecule has 2 aliphatic heterocycles. The molecule has 1 N–H and O–H groups in total. The van der Waals surface area contributed by atoms with Gasteiger partial charge in [0.2, 0.25) is 5.91 Å². The Balaban J connectivity index is 1.49. The van der Waals surface area contributed by atoms with Crippen molar-refractivity contribution in [1.82, 2.24) is 20.1 Å². The molecule has 12 heteroatoms. The van der Waals surface area contributed by atoms with Gasteiger partial charge in [-0.2, -0.15) is 13.2 Å². The Morgan fingerprint density at radius 2 is 1.76 bits per heavy atom. The number of hydrogen-bond acceptors (Lipinski definition) is 5. The average molecular weight is 611 g/mol. The van der Waals surface area contributed by atoms with E-state index in [1.165, 1.54) is 11.9 Å². The number of benzene rings is 1. The topological polar surface area (TPSA) is 82.6 Å². The standard InChI is InChI=1S/C29H31Cl2F3N4O3/c1-27(8-9-27)26(41)38-11-6-17(7-12-38)24(39)28(16-35-15-20(28)18-3-4-21(30)22(31)13-18)37(2)25(40)23-14-19(5-10-36-23)29(32,33)34/h3-5,10,13-14,17,20,35H,6-9,11-12,15-16H2,1-2H3/t20-,28+/m1/s1. The molecule has 41 heavy (non-hydrogen) atoms. The first-order valence-electron chi connectivity index (χ1n) is 13.6. The second-order valence-corrected chi connectivity index (χ2v) is 12.4. The lowest BCUT2D eigenvalue weighted by Crippen LogP contribution is -2.62. The largest absolute Gasteiger partial charge is 0.416 e. The number of nitrogens with one attached hydrogen (secondary N) is 1. The van der Waals surface area contributed by atoms with Crippen molar-refractivity contribution in [3.63, 3.8) is 0 Å². The lowest BCUT2D eigenvalue weighted by Gasteiger charge is -2.45. The number of amides is 2. The molecular weight excluding hydrogens is 580 g/mol. The number of aromatic nitrogens is 1. The number of nitrogens with zero attached hydrogens (tertiary/aromatic N) is 3. The van der Waals surface area contributed by atoms with Crippen LogP contribution in [0, 0.1) is 11.3 Å². The van der Waals surface area contributed by atoms with Crippen LogP contribution in [-0.2, 0) is 15.8 Å². The molecule has 2 amide bonds. The van der Waals surface area contributed by atoms with Crippen LogP contribution in [0.4, 0.5) is 13.2 Å². The number of piperidine rings is 1. The second kappa shape index (κ2) is 10.9. The summed E-state index contributed by atoms with van der Waals surface area (Å²) in [7, 11) is 1.44. The van der Waals surface area contributed by atoms with Gasteiger partial charge in [-0.15, -0.1) is 0 Å². The van der Waals surface area contributed by atoms with E-state index in [1.807, 2.05) is 11.8 Å². The van der Waals surface area contributed by atoms with Gasteiger partial charge < -0.3 is 15.1 Å². The monoisotopic (exact) mass is 610 g/mol. The number of likely N-dealkylation sites (N-methyl/N-ethyl adjacent to an activating group) is 1. The molecule has 1 aromatic heterocycles. The smallest absolute Gasteiger partial charge is 0.342 e. The van der Waals surface area contributed by atoms with Gasteiger partial charge in [0.25, 0.3) is 5.91 Å². The quantitative estimate of drug-likeness (QED) is 0.485. The third-order valence-corrected chi connectivity index (χ3v) is 9.71. The van der Waals surface area contributed by atoms with Gasteiger partial charge in [-0.3, -0.25) is 19.4 Å². The minimum atomic E-state index is -4.66. The van der Waals surface area contributed by atoms with Crippen LogP contribution < -0.4 is 5.32 Å². The van der Waals surface area contributed by atoms with Crippen molar-refractivity contribution in [3.05, 3.63) is 63.4 Å². The first-order valence-corrected chi connectivity index (χ1v) is 14.3. The maximum absolute atomic E-state index is 14.6. The fraction of sp³-hybridized carbons (Fsp3) is 0.517. The van der Waals surface area contributed by atoms with E-state index in [4.69, 9.17) is 23.2 Å². The van der Waals surface area contributed by atoms with Crippen LogP contribution in [0.25, 0.3) is 0 Å². The van der Waals surface area contributed by atoms with E-state index in [1.54, 1.807) is 18.2 Å². The van der Waals surface area contributed by atoms with Crippen molar-refractivity contribution in [1.29, 1.82) is 0 Å². The van der Waals surface area contributed by atoms with Crippen molar-refractivity contribution < 1.29 is 27.6 Å². The second-order valence-electron chi connectivity index (χ2n) is 11.6. The predicted octanol–water partition coefficient (Wildman–Crippen LogP) is 5.21. The van der Waals surface area contributed by atoms with E-state index in [9.17, 15) is 27.6 Å². The van der Waals surface area contributed by atoms with E-state index in [2.05, 4.69) is 10.3 Å². The Labute approximate surface area is 246 Å². The SMILES string of the molecule is CN(C(=O)c1cc(C(F)(F)F)ccn1)[C@@]1(C(=O)C2CCN(C(=O)C3(C)CC3)CC2)CNC[C@@H]1c1ccc(Cl)c(Cl)c1. The molecule has 1 saturated carbocycles. The number of ketones is 1. The Kier molecular flexibility index (Phi) is 7.89. The molecule has 3 fully saturated rings. The number of carbonyl (C=O) groups excluding carboxylic acids is 3. The minimum Gasteiger partial charge on any atom is -0.342 e. The van der Waals surface area contributed by atoms with Gasteiger partial charge in [-0.25, -0.2) is 0 Å². The van der Waals surface area contributed by atoms with Crippen LogP contribution in [0.5, 0.6) is 0 Å². The van der Waals surface area contributed by atoms with Gasteiger partial charge >= 0.3 is 6.18 Å². The molecule has 0 spiro atoms. The third-order valence-electron chi connectivity index (χ3n) is 8.97. The van der Waals surface area contributed by atoms with Gasteiger partial charge in [-0.05, 0) is 55.5 Å². The molecule has 3 aliphatic rings. The molecule has 0 radical (unpaired) electrons. The molecule has 1 aliphatic carbocycles. The zero-order chi connectivity index (χ0) is 29.7. The van der Waals surface area contributed by atoms with Crippen molar-refractivity contribution in [3.8, 4) is 0 Å². The van der Waals surface area contributed by atoms with Gasteiger partial charge in [0.1, 0.15) is 11.2 Å². The normalized spacial score (nSPS) is 24.3. The van der Waals surface area contributed by atoms with E-state index in [0.29, 0.717) is 49.1 Å². The Bertz CT molecular complexity index is 1380. The van der Waals surface area contributed by atoms with Crippen molar-refractivity contribution in [2.24, 2.45) is 11.3 Å². The summed E-state index contributed by atoms with van der Waals surface area (Å²) in [6.45, 7) is 3.23. The number of hydrogen-bond donors (Lipinski definition) is 1. The van der Waals surface area contributed by atoms with E-state index < -0.39 is 40.7 Å². The van der Waals surface area contributed by atoms with Gasteiger partial charge in [-0.1, -0.05) is 36.2 Å². The maximum atomic E-state index is 14.6.